The van der Waals surface area contributed by atoms with Crippen LogP contribution >= 0.6 is 0 Å². The predicted octanol–water partition coefficient (Wildman–Crippen LogP) is 2.14. The summed E-state index contributed by atoms with van der Waals surface area (Å²) in [5.74, 6) is 0. The van der Waals surface area contributed by atoms with Crippen LogP contribution in [0.2, 0.25) is 0 Å². The summed E-state index contributed by atoms with van der Waals surface area (Å²) in [5.41, 5.74) is -0.294. The molecule has 2 nitrogen and oxygen atoms in total. The first-order valence-electron chi connectivity index (χ1n) is 3.84. The molecule has 0 aliphatic carbocycles. The van der Waals surface area contributed by atoms with E-state index in [4.69, 9.17) is 0 Å². The second-order valence-corrected chi connectivity index (χ2v) is 2.59. The van der Waals surface area contributed by atoms with E-state index in [1.54, 1.807) is 0 Å². The molecule has 0 bridgehead atoms. The Labute approximate surface area is 79.0 Å². The number of rotatable bonds is 1. The number of alkyl halides is 3. The van der Waals surface area contributed by atoms with Crippen molar-refractivity contribution < 1.29 is 13.2 Å². The Balaban J connectivity index is 3.36. The summed E-state index contributed by atoms with van der Waals surface area (Å²) in [5, 5.41) is 0. The fourth-order valence-electron chi connectivity index (χ4n) is 1.01. The molecule has 0 spiro atoms. The highest BCUT2D eigenvalue weighted by molar-refractivity contribution is 5.23. The van der Waals surface area contributed by atoms with Crippen molar-refractivity contribution in [2.45, 2.75) is 6.18 Å². The fraction of sp³-hybridized carbons (Fsp3) is 0.222. The highest BCUT2D eigenvalue weighted by Gasteiger charge is 2.30. The van der Waals surface area contributed by atoms with Crippen LogP contribution in [0.3, 0.4) is 0 Å². The number of aromatic nitrogens is 1. The first-order valence-corrected chi connectivity index (χ1v) is 3.84. The Bertz CT molecular complexity index is 401. The van der Waals surface area contributed by atoms with Gasteiger partial charge in [0, 0.05) is 19.4 Å². The summed E-state index contributed by atoms with van der Waals surface area (Å²) in [7, 11) is 1.50. The van der Waals surface area contributed by atoms with Crippen LogP contribution in [0.5, 0.6) is 0 Å². The summed E-state index contributed by atoms with van der Waals surface area (Å²) in [6, 6.07) is 2.28. The van der Waals surface area contributed by atoms with Crippen LogP contribution in [-0.2, 0) is 6.18 Å². The molecular formula is C9H9F3N2. The van der Waals surface area contributed by atoms with Gasteiger partial charge in [0.05, 0.1) is 5.56 Å². The molecule has 0 unspecified atom stereocenters. The molecule has 14 heavy (non-hydrogen) atoms. The minimum atomic E-state index is -4.34. The molecular weight excluding hydrogens is 193 g/mol. The maximum Gasteiger partial charge on any atom is 0.417 e. The molecule has 1 aromatic heterocycles. The SMILES string of the molecule is C=Cn1cc(C(F)(F)F)ccc1=NC. The van der Waals surface area contributed by atoms with Crippen molar-refractivity contribution in [1.82, 2.24) is 4.57 Å². The molecule has 0 saturated heterocycles. The van der Waals surface area contributed by atoms with Gasteiger partial charge in [-0.3, -0.25) is 4.99 Å². The van der Waals surface area contributed by atoms with Gasteiger partial charge in [-0.05, 0) is 12.1 Å². The van der Waals surface area contributed by atoms with Gasteiger partial charge in [-0.1, -0.05) is 6.58 Å². The zero-order chi connectivity index (χ0) is 10.8. The second kappa shape index (κ2) is 3.69. The van der Waals surface area contributed by atoms with Crippen molar-refractivity contribution in [3.05, 3.63) is 36.0 Å². The largest absolute Gasteiger partial charge is 0.417 e. The number of nitrogens with zero attached hydrogens (tertiary/aromatic N) is 2. The van der Waals surface area contributed by atoms with E-state index in [-0.39, 0.29) is 0 Å². The average molecular weight is 202 g/mol. The topological polar surface area (TPSA) is 17.3 Å². The minimum Gasteiger partial charge on any atom is -0.309 e. The molecule has 1 aromatic rings. The zero-order valence-corrected chi connectivity index (χ0v) is 7.54. The van der Waals surface area contributed by atoms with Crippen molar-refractivity contribution in [2.24, 2.45) is 4.99 Å². The molecule has 0 N–H and O–H groups in total. The summed E-state index contributed by atoms with van der Waals surface area (Å²) >= 11 is 0. The normalized spacial score (nSPS) is 13.0. The van der Waals surface area contributed by atoms with Crippen LogP contribution in [0.15, 0.2) is 29.9 Å². The first kappa shape index (κ1) is 10.6. The van der Waals surface area contributed by atoms with Crippen LogP contribution in [0, 0.1) is 0 Å². The fourth-order valence-corrected chi connectivity index (χ4v) is 1.01. The van der Waals surface area contributed by atoms with Gasteiger partial charge in [0.15, 0.2) is 0 Å². The van der Waals surface area contributed by atoms with Gasteiger partial charge in [0.1, 0.15) is 5.49 Å². The third kappa shape index (κ3) is 2.04. The van der Waals surface area contributed by atoms with Crippen molar-refractivity contribution in [3.63, 3.8) is 0 Å². The lowest BCUT2D eigenvalue weighted by Crippen LogP contribution is -2.18. The number of hydrogen-bond acceptors (Lipinski definition) is 1. The Morgan fingerprint density at radius 2 is 2.07 bits per heavy atom. The van der Waals surface area contributed by atoms with Crippen molar-refractivity contribution in [3.8, 4) is 0 Å². The molecule has 0 aromatic carbocycles. The molecule has 0 fully saturated rings. The van der Waals surface area contributed by atoms with Gasteiger partial charge < -0.3 is 4.57 Å². The van der Waals surface area contributed by atoms with Gasteiger partial charge in [-0.25, -0.2) is 0 Å². The Hall–Kier alpha value is -1.52. The van der Waals surface area contributed by atoms with E-state index < -0.39 is 11.7 Å². The maximum absolute atomic E-state index is 12.3. The van der Waals surface area contributed by atoms with Gasteiger partial charge in [-0.15, -0.1) is 0 Å². The third-order valence-electron chi connectivity index (χ3n) is 1.71. The van der Waals surface area contributed by atoms with Crippen molar-refractivity contribution in [2.75, 3.05) is 7.05 Å². The van der Waals surface area contributed by atoms with Crippen LogP contribution < -0.4 is 5.49 Å². The molecule has 0 saturated carbocycles. The monoisotopic (exact) mass is 202 g/mol. The molecule has 5 heteroatoms. The number of hydrogen-bond donors (Lipinski definition) is 0. The van der Waals surface area contributed by atoms with Crippen molar-refractivity contribution in [1.29, 1.82) is 0 Å². The third-order valence-corrected chi connectivity index (χ3v) is 1.71. The van der Waals surface area contributed by atoms with E-state index >= 15 is 0 Å². The maximum atomic E-state index is 12.3. The van der Waals surface area contributed by atoms with Gasteiger partial charge in [-0.2, -0.15) is 13.2 Å². The number of pyridine rings is 1. The standard InChI is InChI=1S/C9H9F3N2/c1-3-14-6-7(9(10,11)12)4-5-8(14)13-2/h3-6H,1H2,2H3. The van der Waals surface area contributed by atoms with Crippen LogP contribution in [-0.4, -0.2) is 11.6 Å². The molecule has 0 amide bonds. The van der Waals surface area contributed by atoms with Gasteiger partial charge in [0.25, 0.3) is 0 Å². The first-order chi connectivity index (χ1) is 6.49. The Morgan fingerprint density at radius 1 is 1.43 bits per heavy atom. The lowest BCUT2D eigenvalue weighted by atomic mass is 10.3. The molecule has 1 rings (SSSR count). The van der Waals surface area contributed by atoms with Crippen LogP contribution in [0.4, 0.5) is 13.2 Å². The van der Waals surface area contributed by atoms with E-state index in [9.17, 15) is 13.2 Å². The summed E-state index contributed by atoms with van der Waals surface area (Å²) in [6.45, 7) is 3.40. The van der Waals surface area contributed by atoms with E-state index in [0.717, 1.165) is 12.3 Å². The predicted molar refractivity (Wildman–Crippen MR) is 47.3 cm³/mol. The molecule has 1 heterocycles. The van der Waals surface area contributed by atoms with Crippen LogP contribution in [0.25, 0.3) is 6.20 Å². The Kier molecular flexibility index (Phi) is 2.78. The summed E-state index contributed by atoms with van der Waals surface area (Å²) < 4.78 is 38.0. The average Bonchev–Trinajstić information content (AvgIpc) is 2.15. The highest BCUT2D eigenvalue weighted by atomic mass is 19.4. The second-order valence-electron chi connectivity index (χ2n) is 2.59. The number of halogens is 3. The van der Waals surface area contributed by atoms with Crippen LogP contribution in [0.1, 0.15) is 5.56 Å². The lowest BCUT2D eigenvalue weighted by molar-refractivity contribution is -0.137. The Morgan fingerprint density at radius 3 is 2.50 bits per heavy atom. The van der Waals surface area contributed by atoms with E-state index in [1.807, 2.05) is 0 Å². The molecule has 76 valence electrons. The molecule has 0 atom stereocenters. The zero-order valence-electron chi connectivity index (χ0n) is 7.54. The quantitative estimate of drug-likeness (QED) is 0.663. The summed E-state index contributed by atoms with van der Waals surface area (Å²) in [4.78, 5) is 3.79. The smallest absolute Gasteiger partial charge is 0.309 e. The summed E-state index contributed by atoms with van der Waals surface area (Å²) in [6.07, 6.45) is -2.11. The van der Waals surface area contributed by atoms with Gasteiger partial charge >= 0.3 is 6.18 Å². The molecule has 0 aliphatic heterocycles. The van der Waals surface area contributed by atoms with E-state index in [0.29, 0.717) is 5.49 Å². The van der Waals surface area contributed by atoms with E-state index in [1.165, 1.54) is 23.9 Å². The van der Waals surface area contributed by atoms with E-state index in [2.05, 4.69) is 11.6 Å². The lowest BCUT2D eigenvalue weighted by Gasteiger charge is -2.08. The molecule has 0 radical (unpaired) electrons. The highest BCUT2D eigenvalue weighted by Crippen LogP contribution is 2.27. The minimum absolute atomic E-state index is 0.424. The van der Waals surface area contributed by atoms with Crippen molar-refractivity contribution >= 4 is 6.20 Å². The van der Waals surface area contributed by atoms with Gasteiger partial charge in [0.2, 0.25) is 0 Å². The molecule has 0 aliphatic rings.